The predicted octanol–water partition coefficient (Wildman–Crippen LogP) is 4.10. The Morgan fingerprint density at radius 3 is 2.63 bits per heavy atom. The Morgan fingerprint density at radius 1 is 1.24 bits per heavy atom. The zero-order valence-corrected chi connectivity index (χ0v) is 23.9. The molecule has 0 aromatic heterocycles. The molecule has 3 N–H and O–H groups in total. The lowest BCUT2D eigenvalue weighted by atomic mass is 9.96. The molecule has 2 aliphatic heterocycles. The summed E-state index contributed by atoms with van der Waals surface area (Å²) in [6.07, 6.45) is 5.85. The Balaban J connectivity index is 1.42. The lowest BCUT2D eigenvalue weighted by Gasteiger charge is -2.35. The number of carbonyl (C=O) groups is 2. The quantitative estimate of drug-likeness (QED) is 0.452. The van der Waals surface area contributed by atoms with Crippen LogP contribution >= 0.6 is 0 Å². The second-order valence-corrected chi connectivity index (χ2v) is 12.0. The number of amides is 2. The number of carbonyl (C=O) groups excluding carboxylic acids is 2. The number of nitriles is 1. The molecular weight excluding hydrogens is 532 g/mol. The molecule has 2 saturated heterocycles. The van der Waals surface area contributed by atoms with Gasteiger partial charge >= 0.3 is 6.09 Å². The number of nitrogens with zero attached hydrogens (tertiary/aromatic N) is 3. The minimum Gasteiger partial charge on any atom is -0.444 e. The van der Waals surface area contributed by atoms with Crippen molar-refractivity contribution >= 4 is 23.8 Å². The maximum absolute atomic E-state index is 15.2. The first-order chi connectivity index (χ1) is 19.5. The van der Waals surface area contributed by atoms with Crippen LogP contribution < -0.4 is 11.1 Å². The highest BCUT2D eigenvalue weighted by molar-refractivity contribution is 6.09. The van der Waals surface area contributed by atoms with E-state index in [1.165, 1.54) is 29.4 Å². The van der Waals surface area contributed by atoms with Crippen LogP contribution in [0.5, 0.6) is 0 Å². The Kier molecular flexibility index (Phi) is 9.64. The van der Waals surface area contributed by atoms with E-state index >= 15 is 8.78 Å². The van der Waals surface area contributed by atoms with Gasteiger partial charge in [-0.1, -0.05) is 12.1 Å². The molecule has 9 nitrogen and oxygen atoms in total. The first-order valence-corrected chi connectivity index (χ1v) is 14.2. The lowest BCUT2D eigenvalue weighted by molar-refractivity contribution is -0.128. The normalized spacial score (nSPS) is 24.0. The minimum absolute atomic E-state index is 0.0444. The Bertz CT molecular complexity index is 1230. The molecule has 222 valence electrons. The summed E-state index contributed by atoms with van der Waals surface area (Å²) in [6, 6.07) is 2.73. The largest absolute Gasteiger partial charge is 0.444 e. The summed E-state index contributed by atoms with van der Waals surface area (Å²) in [5.74, 6) is -2.40. The number of aliphatic imine (C=N–C) groups is 1. The topological polar surface area (TPSA) is 130 Å². The molecule has 11 heteroatoms. The number of ether oxygens (including phenoxy) is 2. The number of fused-ring (bicyclic) bond motifs is 2. The smallest absolute Gasteiger partial charge is 0.411 e. The van der Waals surface area contributed by atoms with Gasteiger partial charge in [0.25, 0.3) is 0 Å². The van der Waals surface area contributed by atoms with Crippen LogP contribution in [0.15, 0.2) is 23.3 Å². The van der Waals surface area contributed by atoms with Crippen molar-refractivity contribution in [2.45, 2.75) is 83.0 Å². The number of nitrogens with one attached hydrogen (secondary N) is 1. The van der Waals surface area contributed by atoms with Crippen molar-refractivity contribution < 1.29 is 27.8 Å². The van der Waals surface area contributed by atoms with E-state index in [4.69, 9.17) is 15.2 Å². The van der Waals surface area contributed by atoms with Crippen LogP contribution in [0.1, 0.15) is 64.0 Å². The summed E-state index contributed by atoms with van der Waals surface area (Å²) >= 11 is 0. The standard InChI is InChI=1S/C30H39F2N5O4/c1-30(2,3)41-29(39)37-23-6-4-20(13-23)27(37)28(38)36-22(15-34)12-19-5-7-24(26(32)25(19)31)21(14-33)17-35-16-18-8-10-40-11-9-18/h5,7,14,17-18,20,22-23,27H,4,6,8-13,16,33H2,1-3H3,(H,36,38)/t20-,22-,23+,27-/m0/s1. The van der Waals surface area contributed by atoms with Gasteiger partial charge in [0.15, 0.2) is 11.6 Å². The van der Waals surface area contributed by atoms with E-state index in [1.54, 1.807) is 20.8 Å². The van der Waals surface area contributed by atoms with Crippen molar-refractivity contribution in [3.63, 3.8) is 0 Å². The van der Waals surface area contributed by atoms with Crippen LogP contribution in [-0.2, 0) is 20.7 Å². The fraction of sp³-hybridized carbons (Fsp3) is 0.600. The highest BCUT2D eigenvalue weighted by Gasteiger charge is 2.52. The van der Waals surface area contributed by atoms with Crippen LogP contribution in [0.3, 0.4) is 0 Å². The molecular formula is C30H39F2N5O4. The summed E-state index contributed by atoms with van der Waals surface area (Å²) in [5.41, 5.74) is 5.11. The van der Waals surface area contributed by atoms with Crippen LogP contribution in [-0.4, -0.2) is 66.6 Å². The third-order valence-corrected chi connectivity index (χ3v) is 7.94. The van der Waals surface area contributed by atoms with Crippen molar-refractivity contribution in [2.24, 2.45) is 22.6 Å². The number of likely N-dealkylation sites (tertiary alicyclic amines) is 1. The zero-order valence-electron chi connectivity index (χ0n) is 23.9. The number of nitrogens with two attached hydrogens (primary N) is 1. The molecule has 1 aromatic carbocycles. The number of piperidine rings is 1. The van der Waals surface area contributed by atoms with Gasteiger partial charge in [0.1, 0.15) is 17.7 Å². The molecule has 4 rings (SSSR count). The molecule has 0 unspecified atom stereocenters. The van der Waals surface area contributed by atoms with Crippen LogP contribution in [0.2, 0.25) is 0 Å². The van der Waals surface area contributed by atoms with Gasteiger partial charge in [-0.2, -0.15) is 5.26 Å². The zero-order chi connectivity index (χ0) is 29.7. The molecule has 0 spiro atoms. The van der Waals surface area contributed by atoms with E-state index in [-0.39, 0.29) is 35.1 Å². The van der Waals surface area contributed by atoms with E-state index in [0.29, 0.717) is 32.1 Å². The maximum atomic E-state index is 15.2. The monoisotopic (exact) mass is 571 g/mol. The first kappa shape index (κ1) is 30.4. The average molecular weight is 572 g/mol. The summed E-state index contributed by atoms with van der Waals surface area (Å²) in [7, 11) is 0. The van der Waals surface area contributed by atoms with Gasteiger partial charge in [-0.05, 0) is 70.3 Å². The summed E-state index contributed by atoms with van der Waals surface area (Å²) in [6.45, 7) is 7.19. The van der Waals surface area contributed by atoms with E-state index < -0.39 is 41.3 Å². The minimum atomic E-state index is -1.13. The summed E-state index contributed by atoms with van der Waals surface area (Å²) in [5, 5.41) is 12.4. The lowest BCUT2D eigenvalue weighted by Crippen LogP contribution is -2.55. The fourth-order valence-corrected chi connectivity index (χ4v) is 5.91. The molecule has 2 heterocycles. The van der Waals surface area contributed by atoms with Crippen LogP contribution in [0.4, 0.5) is 13.6 Å². The number of hydrogen-bond acceptors (Lipinski definition) is 7. The van der Waals surface area contributed by atoms with Crippen molar-refractivity contribution in [1.82, 2.24) is 10.2 Å². The van der Waals surface area contributed by atoms with Crippen molar-refractivity contribution in [1.29, 1.82) is 5.26 Å². The highest BCUT2D eigenvalue weighted by Crippen LogP contribution is 2.43. The van der Waals surface area contributed by atoms with E-state index in [0.717, 1.165) is 25.7 Å². The van der Waals surface area contributed by atoms with Gasteiger partial charge in [0.05, 0.1) is 6.07 Å². The van der Waals surface area contributed by atoms with Gasteiger partial charge in [-0.15, -0.1) is 0 Å². The predicted molar refractivity (Wildman–Crippen MR) is 150 cm³/mol. The van der Waals surface area contributed by atoms with Crippen molar-refractivity contribution in [2.75, 3.05) is 19.8 Å². The summed E-state index contributed by atoms with van der Waals surface area (Å²) in [4.78, 5) is 32.0. The molecule has 0 radical (unpaired) electrons. The number of hydrogen-bond donors (Lipinski definition) is 2. The Labute approximate surface area is 239 Å². The highest BCUT2D eigenvalue weighted by atomic mass is 19.2. The Hall–Kier alpha value is -3.52. The molecule has 2 bridgehead atoms. The molecule has 41 heavy (non-hydrogen) atoms. The van der Waals surface area contributed by atoms with Gasteiger partial charge in [-0.3, -0.25) is 14.7 Å². The molecule has 1 saturated carbocycles. The second-order valence-electron chi connectivity index (χ2n) is 12.0. The molecule has 1 aliphatic carbocycles. The molecule has 3 fully saturated rings. The first-order valence-electron chi connectivity index (χ1n) is 14.2. The van der Waals surface area contributed by atoms with E-state index in [2.05, 4.69) is 10.3 Å². The third-order valence-electron chi connectivity index (χ3n) is 7.94. The van der Waals surface area contributed by atoms with E-state index in [1.807, 2.05) is 6.07 Å². The summed E-state index contributed by atoms with van der Waals surface area (Å²) < 4.78 is 41.2. The second kappa shape index (κ2) is 13.0. The van der Waals surface area contributed by atoms with Crippen molar-refractivity contribution in [3.8, 4) is 6.07 Å². The van der Waals surface area contributed by atoms with Gasteiger partial charge in [0, 0.05) is 55.8 Å². The number of benzene rings is 1. The number of rotatable bonds is 8. The third kappa shape index (κ3) is 7.22. The van der Waals surface area contributed by atoms with Gasteiger partial charge < -0.3 is 20.5 Å². The molecule has 2 amide bonds. The van der Waals surface area contributed by atoms with Crippen LogP contribution in [0, 0.1) is 34.8 Å². The average Bonchev–Trinajstić information content (AvgIpc) is 3.55. The SMILES string of the molecule is CC(C)(C)OC(=O)N1[C@@H]2CC[C@@H](C2)[C@H]1C(=O)N[C@H](C#N)Cc1ccc(C(C=NCC2CCOCC2)=CN)c(F)c1F. The van der Waals surface area contributed by atoms with Crippen molar-refractivity contribution in [3.05, 3.63) is 41.1 Å². The van der Waals surface area contributed by atoms with Gasteiger partial charge in [0.2, 0.25) is 5.91 Å². The molecule has 4 atom stereocenters. The molecule has 3 aliphatic rings. The number of halogens is 2. The number of allylic oxidation sites excluding steroid dienone is 1. The molecule has 1 aromatic rings. The fourth-order valence-electron chi connectivity index (χ4n) is 5.91. The maximum Gasteiger partial charge on any atom is 0.411 e. The van der Waals surface area contributed by atoms with Crippen LogP contribution in [0.25, 0.3) is 5.57 Å². The van der Waals surface area contributed by atoms with E-state index in [9.17, 15) is 14.9 Å². The van der Waals surface area contributed by atoms with Gasteiger partial charge in [-0.25, -0.2) is 13.6 Å². The Morgan fingerprint density at radius 2 is 1.98 bits per heavy atom.